The number of nitrogens with zero attached hydrogens (tertiary/aromatic N) is 1. The van der Waals surface area contributed by atoms with Crippen molar-refractivity contribution in [2.24, 2.45) is 4.99 Å². The number of rotatable bonds is 4. The summed E-state index contributed by atoms with van der Waals surface area (Å²) in [6.07, 6.45) is 0. The Morgan fingerprint density at radius 3 is 1.98 bits per heavy atom. The number of hydrogen-bond acceptors (Lipinski definition) is 4. The van der Waals surface area contributed by atoms with Gasteiger partial charge in [0, 0.05) is 21.2 Å². The van der Waals surface area contributed by atoms with Crippen molar-refractivity contribution in [3.8, 4) is 11.5 Å². The molecule has 0 spiro atoms. The molecule has 0 saturated carbocycles. The lowest BCUT2D eigenvalue weighted by molar-refractivity contribution is 0.433. The summed E-state index contributed by atoms with van der Waals surface area (Å²) in [5.74, 6) is 2.49. The monoisotopic (exact) mass is 596 g/mol. The number of para-hydroxylation sites is 2. The quantitative estimate of drug-likeness (QED) is 0.219. The molecule has 0 fully saturated rings. The van der Waals surface area contributed by atoms with Crippen LogP contribution in [0.4, 0.5) is 5.69 Å². The summed E-state index contributed by atoms with van der Waals surface area (Å²) in [4.78, 5) is 6.60. The fraction of sp³-hybridized carbons (Fsp3) is 0.0488. The highest BCUT2D eigenvalue weighted by Crippen LogP contribution is 2.56. The molecule has 2 aliphatic rings. The lowest BCUT2D eigenvalue weighted by Crippen LogP contribution is -2.36. The second kappa shape index (κ2) is 10.3. The zero-order chi connectivity index (χ0) is 29.8. The number of thiophene rings is 1. The Labute approximate surface area is 266 Å². The van der Waals surface area contributed by atoms with Crippen LogP contribution in [0.3, 0.4) is 0 Å². The number of hydrogen-bond donors (Lipinski definition) is 1. The van der Waals surface area contributed by atoms with Crippen molar-refractivity contribution in [2.45, 2.75) is 11.5 Å². The first-order valence-electron chi connectivity index (χ1n) is 15.3. The van der Waals surface area contributed by atoms with Gasteiger partial charge in [-0.1, -0.05) is 140 Å². The summed E-state index contributed by atoms with van der Waals surface area (Å²) in [6.45, 7) is 0. The van der Waals surface area contributed by atoms with Crippen LogP contribution in [0.15, 0.2) is 163 Å². The van der Waals surface area contributed by atoms with Crippen LogP contribution in [0.2, 0.25) is 0 Å². The number of benzene rings is 6. The summed E-state index contributed by atoms with van der Waals surface area (Å²) in [5.41, 5.74) is 7.20. The highest BCUT2D eigenvalue weighted by molar-refractivity contribution is 7.19. The third-order valence-corrected chi connectivity index (χ3v) is 10.3. The minimum Gasteiger partial charge on any atom is -0.456 e. The molecular weight excluding hydrogens is 569 g/mol. The van der Waals surface area contributed by atoms with Gasteiger partial charge in [-0.25, -0.2) is 4.99 Å². The minimum atomic E-state index is -0.586. The summed E-state index contributed by atoms with van der Waals surface area (Å²) in [5, 5.41) is 5.04. The normalized spacial score (nSPS) is 16.0. The SMILES string of the molecule is c1ccc(C2NC(c3cccc4c3Oc3ccccc3C4(c3ccccc3)c3ccccc3)=Nc3c2sc2ccccc32)cc1. The van der Waals surface area contributed by atoms with Gasteiger partial charge in [0.15, 0.2) is 0 Å². The fourth-order valence-electron chi connectivity index (χ4n) is 7.14. The van der Waals surface area contributed by atoms with Crippen LogP contribution < -0.4 is 10.1 Å². The van der Waals surface area contributed by atoms with Gasteiger partial charge in [-0.15, -0.1) is 11.3 Å². The van der Waals surface area contributed by atoms with Crippen molar-refractivity contribution in [3.63, 3.8) is 0 Å². The van der Waals surface area contributed by atoms with E-state index in [-0.39, 0.29) is 6.04 Å². The molecule has 3 nitrogen and oxygen atoms in total. The Morgan fingerprint density at radius 1 is 0.600 bits per heavy atom. The van der Waals surface area contributed by atoms with E-state index in [9.17, 15) is 0 Å². The van der Waals surface area contributed by atoms with E-state index < -0.39 is 5.41 Å². The van der Waals surface area contributed by atoms with Crippen LogP contribution in [0.5, 0.6) is 11.5 Å². The maximum atomic E-state index is 6.94. The van der Waals surface area contributed by atoms with Crippen LogP contribution in [-0.4, -0.2) is 5.84 Å². The molecule has 214 valence electrons. The first-order chi connectivity index (χ1) is 22.3. The molecule has 1 unspecified atom stereocenters. The molecule has 0 radical (unpaired) electrons. The second-order valence-corrected chi connectivity index (χ2v) is 12.6. The Hall–Kier alpha value is -5.45. The smallest absolute Gasteiger partial charge is 0.143 e. The maximum Gasteiger partial charge on any atom is 0.143 e. The van der Waals surface area contributed by atoms with E-state index in [1.54, 1.807) is 0 Å². The van der Waals surface area contributed by atoms with Crippen molar-refractivity contribution in [3.05, 3.63) is 196 Å². The van der Waals surface area contributed by atoms with Crippen LogP contribution >= 0.6 is 11.3 Å². The van der Waals surface area contributed by atoms with Crippen LogP contribution in [-0.2, 0) is 5.41 Å². The van der Waals surface area contributed by atoms with Gasteiger partial charge in [-0.2, -0.15) is 0 Å². The van der Waals surface area contributed by atoms with Crippen LogP contribution in [0, 0.1) is 0 Å². The van der Waals surface area contributed by atoms with E-state index in [0.29, 0.717) is 0 Å². The third-order valence-electron chi connectivity index (χ3n) is 9.09. The lowest BCUT2D eigenvalue weighted by Gasteiger charge is -2.42. The highest BCUT2D eigenvalue weighted by atomic mass is 32.1. The van der Waals surface area contributed by atoms with Crippen molar-refractivity contribution in [1.29, 1.82) is 0 Å². The van der Waals surface area contributed by atoms with Crippen molar-refractivity contribution >= 4 is 32.9 Å². The van der Waals surface area contributed by atoms with Gasteiger partial charge < -0.3 is 10.1 Å². The molecule has 0 saturated heterocycles. The molecule has 3 heterocycles. The number of aliphatic imine (C=N–C) groups is 1. The summed E-state index contributed by atoms with van der Waals surface area (Å²) in [6, 6.07) is 55.8. The summed E-state index contributed by atoms with van der Waals surface area (Å²) < 4.78 is 8.18. The van der Waals surface area contributed by atoms with Crippen LogP contribution in [0.1, 0.15) is 44.3 Å². The lowest BCUT2D eigenvalue weighted by atomic mass is 9.63. The molecule has 6 aromatic carbocycles. The standard InChI is InChI=1S/C41H28N2OS/c1-4-15-27(16-5-1)36-39-37(30-21-10-13-26-35(30)45-39)43-40(42-36)31-22-14-24-33-38(31)44-34-25-12-11-23-32(34)41(33,28-17-6-2-7-18-28)29-19-8-3-9-20-29/h1-26,36H,(H,42,43). The number of amidine groups is 1. The summed E-state index contributed by atoms with van der Waals surface area (Å²) >= 11 is 1.81. The van der Waals surface area contributed by atoms with Gasteiger partial charge in [0.2, 0.25) is 0 Å². The van der Waals surface area contributed by atoms with Gasteiger partial charge in [0.25, 0.3) is 0 Å². The van der Waals surface area contributed by atoms with E-state index in [4.69, 9.17) is 9.73 Å². The number of ether oxygens (including phenoxy) is 1. The van der Waals surface area contributed by atoms with Crippen LogP contribution in [0.25, 0.3) is 10.1 Å². The Bertz CT molecular complexity index is 2180. The van der Waals surface area contributed by atoms with Crippen molar-refractivity contribution < 1.29 is 4.74 Å². The molecule has 45 heavy (non-hydrogen) atoms. The predicted molar refractivity (Wildman–Crippen MR) is 184 cm³/mol. The topological polar surface area (TPSA) is 33.6 Å². The average Bonchev–Trinajstić information content (AvgIpc) is 3.50. The molecule has 1 N–H and O–H groups in total. The van der Waals surface area contributed by atoms with Crippen molar-refractivity contribution in [2.75, 3.05) is 0 Å². The van der Waals surface area contributed by atoms with Gasteiger partial charge in [0.1, 0.15) is 17.3 Å². The molecule has 2 aliphatic heterocycles. The maximum absolute atomic E-state index is 6.94. The first kappa shape index (κ1) is 26.0. The van der Waals surface area contributed by atoms with E-state index in [2.05, 4.69) is 163 Å². The van der Waals surface area contributed by atoms with E-state index >= 15 is 0 Å². The Balaban J connectivity index is 1.33. The van der Waals surface area contributed by atoms with Gasteiger partial charge in [-0.05, 0) is 34.9 Å². The molecule has 0 aliphatic carbocycles. The largest absolute Gasteiger partial charge is 0.456 e. The molecule has 0 bridgehead atoms. The molecule has 1 atom stereocenters. The second-order valence-electron chi connectivity index (χ2n) is 11.5. The molecular formula is C41H28N2OS. The van der Waals surface area contributed by atoms with Crippen molar-refractivity contribution in [1.82, 2.24) is 5.32 Å². The molecule has 1 aromatic heterocycles. The molecule has 4 heteroatoms. The molecule has 9 rings (SSSR count). The zero-order valence-electron chi connectivity index (χ0n) is 24.4. The molecule has 0 amide bonds. The third kappa shape index (κ3) is 3.92. The van der Waals surface area contributed by atoms with Gasteiger partial charge in [0.05, 0.1) is 27.6 Å². The van der Waals surface area contributed by atoms with Gasteiger partial charge >= 0.3 is 0 Å². The van der Waals surface area contributed by atoms with Gasteiger partial charge in [-0.3, -0.25) is 0 Å². The highest BCUT2D eigenvalue weighted by Gasteiger charge is 2.46. The Morgan fingerprint density at radius 2 is 1.22 bits per heavy atom. The summed E-state index contributed by atoms with van der Waals surface area (Å²) in [7, 11) is 0. The van der Waals surface area contributed by atoms with E-state index in [1.807, 2.05) is 11.3 Å². The molecule has 7 aromatic rings. The average molecular weight is 597 g/mol. The Kier molecular flexibility index (Phi) is 5.97. The predicted octanol–water partition coefficient (Wildman–Crippen LogP) is 10.2. The fourth-order valence-corrected chi connectivity index (χ4v) is 8.36. The first-order valence-corrected chi connectivity index (χ1v) is 16.1. The zero-order valence-corrected chi connectivity index (χ0v) is 25.2. The number of nitrogens with one attached hydrogen (secondary N) is 1. The van der Waals surface area contributed by atoms with E-state index in [1.165, 1.54) is 31.7 Å². The van der Waals surface area contributed by atoms with E-state index in [0.717, 1.165) is 39.7 Å². The minimum absolute atomic E-state index is 0.0363. The number of fused-ring (bicyclic) bond motifs is 5.